The van der Waals surface area contributed by atoms with Crippen molar-refractivity contribution in [2.24, 2.45) is 0 Å². The van der Waals surface area contributed by atoms with Crippen LogP contribution in [0.15, 0.2) is 29.2 Å². The molecule has 1 aromatic carbocycles. The molecule has 2 atom stereocenters. The van der Waals surface area contributed by atoms with Gasteiger partial charge in [-0.3, -0.25) is 0 Å². The molecule has 1 saturated heterocycles. The molecular weight excluding hydrogens is 308 g/mol. The van der Waals surface area contributed by atoms with Gasteiger partial charge in [0.2, 0.25) is 10.0 Å². The second kappa shape index (κ2) is 8.13. The Morgan fingerprint density at radius 1 is 1.33 bits per heavy atom. The molecule has 1 fully saturated rings. The van der Waals surface area contributed by atoms with Crippen molar-refractivity contribution in [2.45, 2.75) is 50.0 Å². The van der Waals surface area contributed by atoms with Gasteiger partial charge in [0, 0.05) is 12.6 Å². The number of hydrogen-bond acceptors (Lipinski definition) is 3. The van der Waals surface area contributed by atoms with E-state index in [0.717, 1.165) is 25.8 Å². The van der Waals surface area contributed by atoms with Crippen molar-refractivity contribution >= 4 is 22.4 Å². The van der Waals surface area contributed by atoms with Crippen LogP contribution in [0.3, 0.4) is 0 Å². The van der Waals surface area contributed by atoms with E-state index < -0.39 is 10.0 Å². The first-order valence-electron chi connectivity index (χ1n) is 7.36. The maximum Gasteiger partial charge on any atom is 0.240 e. The molecule has 0 aliphatic carbocycles. The summed E-state index contributed by atoms with van der Waals surface area (Å²) in [5.74, 6) is 0.460. The molecule has 0 aromatic heterocycles. The second-order valence-electron chi connectivity index (χ2n) is 5.54. The number of piperidine rings is 1. The summed E-state index contributed by atoms with van der Waals surface area (Å²) in [6.45, 7) is 5.97. The van der Waals surface area contributed by atoms with Crippen LogP contribution in [0.5, 0.6) is 0 Å². The topological polar surface area (TPSA) is 58.2 Å². The predicted octanol–water partition coefficient (Wildman–Crippen LogP) is 2.65. The molecule has 0 radical (unpaired) electrons. The first-order chi connectivity index (χ1) is 9.53. The second-order valence-corrected chi connectivity index (χ2v) is 7.26. The van der Waals surface area contributed by atoms with Gasteiger partial charge >= 0.3 is 0 Å². The number of nitrogens with one attached hydrogen (secondary N) is 2. The van der Waals surface area contributed by atoms with Gasteiger partial charge in [-0.2, -0.15) is 0 Å². The maximum absolute atomic E-state index is 12.3. The van der Waals surface area contributed by atoms with Crippen molar-refractivity contribution in [3.8, 4) is 0 Å². The molecule has 0 saturated carbocycles. The van der Waals surface area contributed by atoms with Crippen LogP contribution in [0.25, 0.3) is 0 Å². The Labute approximate surface area is 134 Å². The summed E-state index contributed by atoms with van der Waals surface area (Å²) in [5.41, 5.74) is 1.19. The smallest absolute Gasteiger partial charge is 0.240 e. The molecule has 2 rings (SSSR count). The van der Waals surface area contributed by atoms with Gasteiger partial charge in [0.1, 0.15) is 0 Å². The number of hydrogen-bond donors (Lipinski definition) is 2. The third kappa shape index (κ3) is 4.95. The Morgan fingerprint density at radius 3 is 2.52 bits per heavy atom. The van der Waals surface area contributed by atoms with E-state index in [9.17, 15) is 8.42 Å². The Kier molecular flexibility index (Phi) is 7.13. The van der Waals surface area contributed by atoms with E-state index in [4.69, 9.17) is 0 Å². The van der Waals surface area contributed by atoms with Gasteiger partial charge in [-0.25, -0.2) is 13.1 Å². The van der Waals surface area contributed by atoms with E-state index in [0.29, 0.717) is 17.4 Å². The van der Waals surface area contributed by atoms with Gasteiger partial charge in [-0.05, 0) is 49.4 Å². The summed E-state index contributed by atoms with van der Waals surface area (Å²) in [6, 6.07) is 7.26. The van der Waals surface area contributed by atoms with Crippen LogP contribution in [-0.4, -0.2) is 27.5 Å². The average Bonchev–Trinajstić information content (AvgIpc) is 2.47. The monoisotopic (exact) mass is 332 g/mol. The van der Waals surface area contributed by atoms with Crippen LogP contribution >= 0.6 is 12.4 Å². The molecule has 1 aliphatic rings. The SMILES string of the molecule is CCC(C)c1ccc(S(=O)(=O)N[C@@H]2CCCNC2)cc1.Cl. The molecule has 1 aromatic rings. The lowest BCUT2D eigenvalue weighted by molar-refractivity contribution is 0.428. The minimum Gasteiger partial charge on any atom is -0.315 e. The number of halogens is 1. The zero-order valence-corrected chi connectivity index (χ0v) is 14.3. The molecule has 120 valence electrons. The number of rotatable bonds is 5. The van der Waals surface area contributed by atoms with Crippen LogP contribution in [0.4, 0.5) is 0 Å². The van der Waals surface area contributed by atoms with E-state index in [1.807, 2.05) is 12.1 Å². The van der Waals surface area contributed by atoms with E-state index in [-0.39, 0.29) is 18.4 Å². The van der Waals surface area contributed by atoms with Crippen molar-refractivity contribution in [3.63, 3.8) is 0 Å². The first-order valence-corrected chi connectivity index (χ1v) is 8.84. The van der Waals surface area contributed by atoms with Crippen LogP contribution in [0.1, 0.15) is 44.6 Å². The molecule has 6 heteroatoms. The maximum atomic E-state index is 12.3. The van der Waals surface area contributed by atoms with Crippen LogP contribution in [0.2, 0.25) is 0 Å². The summed E-state index contributed by atoms with van der Waals surface area (Å²) in [6.07, 6.45) is 2.97. The standard InChI is InChI=1S/C15H24N2O2S.ClH/c1-3-12(2)13-6-8-15(9-7-13)20(18,19)17-14-5-4-10-16-11-14;/h6-9,12,14,16-17H,3-5,10-11H2,1-2H3;1H/t12?,14-;/m1./s1. The van der Waals surface area contributed by atoms with Gasteiger partial charge in [-0.1, -0.05) is 26.0 Å². The molecule has 1 heterocycles. The highest BCUT2D eigenvalue weighted by molar-refractivity contribution is 7.89. The predicted molar refractivity (Wildman–Crippen MR) is 88.6 cm³/mol. The first kappa shape index (κ1) is 18.4. The van der Waals surface area contributed by atoms with Gasteiger partial charge < -0.3 is 5.32 Å². The van der Waals surface area contributed by atoms with E-state index >= 15 is 0 Å². The lowest BCUT2D eigenvalue weighted by atomic mass is 9.99. The Balaban J connectivity index is 0.00000220. The molecule has 1 unspecified atom stereocenters. The molecule has 0 bridgehead atoms. The van der Waals surface area contributed by atoms with Gasteiger partial charge in [0.25, 0.3) is 0 Å². The third-order valence-electron chi connectivity index (χ3n) is 3.99. The van der Waals surface area contributed by atoms with Gasteiger partial charge in [0.05, 0.1) is 4.90 Å². The molecule has 2 N–H and O–H groups in total. The summed E-state index contributed by atoms with van der Waals surface area (Å²) in [7, 11) is -3.40. The average molecular weight is 333 g/mol. The molecule has 0 spiro atoms. The Bertz CT molecular complexity index is 525. The van der Waals surface area contributed by atoms with Crippen molar-refractivity contribution in [1.29, 1.82) is 0 Å². The minimum atomic E-state index is -3.40. The van der Waals surface area contributed by atoms with Crippen LogP contribution in [0, 0.1) is 0 Å². The highest BCUT2D eigenvalue weighted by atomic mass is 35.5. The highest BCUT2D eigenvalue weighted by Crippen LogP contribution is 2.20. The minimum absolute atomic E-state index is 0. The van der Waals surface area contributed by atoms with Crippen molar-refractivity contribution < 1.29 is 8.42 Å². The summed E-state index contributed by atoms with van der Waals surface area (Å²) < 4.78 is 27.4. The number of benzene rings is 1. The normalized spacial score (nSPS) is 20.6. The molecule has 1 aliphatic heterocycles. The summed E-state index contributed by atoms with van der Waals surface area (Å²) in [5, 5.41) is 3.21. The van der Waals surface area contributed by atoms with Crippen molar-refractivity contribution in [3.05, 3.63) is 29.8 Å². The van der Waals surface area contributed by atoms with Crippen LogP contribution < -0.4 is 10.0 Å². The molecule has 4 nitrogen and oxygen atoms in total. The van der Waals surface area contributed by atoms with E-state index in [1.165, 1.54) is 5.56 Å². The molecule has 0 amide bonds. The lowest BCUT2D eigenvalue weighted by Gasteiger charge is -2.23. The zero-order chi connectivity index (χ0) is 14.6. The quantitative estimate of drug-likeness (QED) is 0.871. The van der Waals surface area contributed by atoms with Crippen LogP contribution in [-0.2, 0) is 10.0 Å². The summed E-state index contributed by atoms with van der Waals surface area (Å²) in [4.78, 5) is 0.357. The molecular formula is C15H25ClN2O2S. The fourth-order valence-electron chi connectivity index (χ4n) is 2.45. The Morgan fingerprint density at radius 2 is 2.00 bits per heavy atom. The molecule has 21 heavy (non-hydrogen) atoms. The lowest BCUT2D eigenvalue weighted by Crippen LogP contribution is -2.45. The fourth-order valence-corrected chi connectivity index (χ4v) is 3.72. The summed E-state index contributed by atoms with van der Waals surface area (Å²) >= 11 is 0. The van der Waals surface area contributed by atoms with E-state index in [2.05, 4.69) is 23.9 Å². The number of sulfonamides is 1. The third-order valence-corrected chi connectivity index (χ3v) is 5.53. The largest absolute Gasteiger partial charge is 0.315 e. The fraction of sp³-hybridized carbons (Fsp3) is 0.600. The van der Waals surface area contributed by atoms with Gasteiger partial charge in [-0.15, -0.1) is 12.4 Å². The highest BCUT2D eigenvalue weighted by Gasteiger charge is 2.21. The zero-order valence-electron chi connectivity index (χ0n) is 12.6. The van der Waals surface area contributed by atoms with Crippen molar-refractivity contribution in [1.82, 2.24) is 10.0 Å². The van der Waals surface area contributed by atoms with E-state index in [1.54, 1.807) is 12.1 Å². The van der Waals surface area contributed by atoms with Gasteiger partial charge in [0.15, 0.2) is 0 Å². The van der Waals surface area contributed by atoms with Crippen molar-refractivity contribution in [2.75, 3.05) is 13.1 Å². The Hall–Kier alpha value is -0.620.